The van der Waals surface area contributed by atoms with Gasteiger partial charge in [0.2, 0.25) is 0 Å². The summed E-state index contributed by atoms with van der Waals surface area (Å²) < 4.78 is 6.38. The molecule has 0 radical (unpaired) electrons. The fourth-order valence-corrected chi connectivity index (χ4v) is 8.80. The molecule has 0 N–H and O–H groups in total. The van der Waals surface area contributed by atoms with E-state index in [4.69, 9.17) is 4.42 Å². The number of fused-ring (bicyclic) bond motifs is 6. The largest absolute Gasteiger partial charge is 0.456 e. The van der Waals surface area contributed by atoms with Gasteiger partial charge in [-0.15, -0.1) is 21.9 Å². The minimum absolute atomic E-state index is 0.919. The Morgan fingerprint density at radius 3 is 1.35 bits per heavy atom. The molecule has 0 aliphatic rings. The van der Waals surface area contributed by atoms with Gasteiger partial charge in [0.1, 0.15) is 73.9 Å². The van der Waals surface area contributed by atoms with Crippen LogP contribution in [0.25, 0.3) is 87.6 Å². The summed E-state index contributed by atoms with van der Waals surface area (Å²) in [6.07, 6.45) is 0. The van der Waals surface area contributed by atoms with Crippen LogP contribution in [0.15, 0.2) is 114 Å². The summed E-state index contributed by atoms with van der Waals surface area (Å²) in [7, 11) is 18.5. The van der Waals surface area contributed by atoms with Crippen molar-refractivity contribution in [3.8, 4) is 33.4 Å². The van der Waals surface area contributed by atoms with Crippen LogP contribution in [-0.4, -0.2) is 62.8 Å². The third-order valence-electron chi connectivity index (χ3n) is 12.3. The van der Waals surface area contributed by atoms with Crippen molar-refractivity contribution < 1.29 is 4.42 Å². The highest BCUT2D eigenvalue weighted by molar-refractivity contribution is 6.71. The van der Waals surface area contributed by atoms with Crippen molar-refractivity contribution >= 4 is 161 Å². The SMILES string of the molecule is Bc1c(B)c(B)c2c(-c3cccc(-c4ccc5oc6cc7ccccc7cc6c5c4)c3)c3c(B)c(B)c(B)c(B)c3c(-c3ccccc3)c2c1B. The average Bonchev–Trinajstić information content (AvgIpc) is 3.52. The van der Waals surface area contributed by atoms with Crippen LogP contribution in [0.4, 0.5) is 0 Å². The molecule has 9 rings (SSSR count). The smallest absolute Gasteiger partial charge is 0.139 e. The molecule has 0 amide bonds. The zero-order chi connectivity index (χ0) is 35.3. The molecule has 0 spiro atoms. The first kappa shape index (κ1) is 31.8. The second-order valence-corrected chi connectivity index (χ2v) is 14.7. The van der Waals surface area contributed by atoms with Gasteiger partial charge in [0.15, 0.2) is 0 Å². The maximum atomic E-state index is 6.38. The average molecular weight is 641 g/mol. The van der Waals surface area contributed by atoms with E-state index >= 15 is 0 Å². The van der Waals surface area contributed by atoms with E-state index < -0.39 is 0 Å². The number of rotatable bonds is 3. The van der Waals surface area contributed by atoms with Crippen LogP contribution in [0.1, 0.15) is 0 Å². The number of furan rings is 1. The highest BCUT2D eigenvalue weighted by Gasteiger charge is 2.25. The van der Waals surface area contributed by atoms with Gasteiger partial charge in [0, 0.05) is 10.8 Å². The normalized spacial score (nSPS) is 11.8. The molecule has 9 heteroatoms. The first-order valence-corrected chi connectivity index (χ1v) is 18.1. The molecule has 8 aromatic carbocycles. The molecule has 0 saturated heterocycles. The maximum Gasteiger partial charge on any atom is 0.139 e. The van der Waals surface area contributed by atoms with E-state index in [1.54, 1.807) is 0 Å². The van der Waals surface area contributed by atoms with Crippen LogP contribution in [0.5, 0.6) is 0 Å². The fourth-order valence-electron chi connectivity index (χ4n) is 8.80. The van der Waals surface area contributed by atoms with Gasteiger partial charge in [-0.3, -0.25) is 0 Å². The molecule has 1 nitrogen and oxygen atoms in total. The number of hydrogen-bond acceptors (Lipinski definition) is 1. The maximum absolute atomic E-state index is 6.38. The molecule has 0 bridgehead atoms. The lowest BCUT2D eigenvalue weighted by Gasteiger charge is -2.28. The molecule has 0 unspecified atom stereocenters. The minimum Gasteiger partial charge on any atom is -0.456 e. The van der Waals surface area contributed by atoms with Crippen LogP contribution in [0.3, 0.4) is 0 Å². The lowest BCUT2D eigenvalue weighted by molar-refractivity contribution is 0.669. The van der Waals surface area contributed by atoms with Crippen LogP contribution in [0, 0.1) is 0 Å². The Morgan fingerprint density at radius 1 is 0.314 bits per heavy atom. The lowest BCUT2D eigenvalue weighted by atomic mass is 9.59. The second kappa shape index (κ2) is 11.7. The van der Waals surface area contributed by atoms with Crippen molar-refractivity contribution in [2.45, 2.75) is 0 Å². The zero-order valence-corrected chi connectivity index (χ0v) is 30.8. The van der Waals surface area contributed by atoms with Crippen LogP contribution < -0.4 is 43.7 Å². The predicted molar refractivity (Wildman–Crippen MR) is 248 cm³/mol. The summed E-state index contributed by atoms with van der Waals surface area (Å²) >= 11 is 0. The highest BCUT2D eigenvalue weighted by atomic mass is 16.3. The Bertz CT molecular complexity index is 2870. The van der Waals surface area contributed by atoms with Crippen molar-refractivity contribution in [3.05, 3.63) is 109 Å². The highest BCUT2D eigenvalue weighted by Crippen LogP contribution is 2.42. The van der Waals surface area contributed by atoms with Crippen molar-refractivity contribution in [2.75, 3.05) is 0 Å². The van der Waals surface area contributed by atoms with E-state index in [2.05, 4.69) is 172 Å². The van der Waals surface area contributed by atoms with Crippen LogP contribution >= 0.6 is 0 Å². The van der Waals surface area contributed by atoms with Crippen molar-refractivity contribution in [1.29, 1.82) is 0 Å². The predicted octanol–water partition coefficient (Wildman–Crippen LogP) is -1.89. The Hall–Kier alpha value is -5.14. The molecule has 0 saturated carbocycles. The van der Waals surface area contributed by atoms with Gasteiger partial charge in [0.05, 0.1) is 0 Å². The van der Waals surface area contributed by atoms with E-state index in [1.165, 1.54) is 109 Å². The molecule has 0 atom stereocenters. The Kier molecular flexibility index (Phi) is 7.30. The third-order valence-corrected chi connectivity index (χ3v) is 12.3. The Labute approximate surface area is 306 Å². The quantitative estimate of drug-likeness (QED) is 0.163. The van der Waals surface area contributed by atoms with Gasteiger partial charge in [-0.25, -0.2) is 0 Å². The third kappa shape index (κ3) is 4.67. The standard InChI is InChI=1S/C42H34B8O/c43-35-31-29(19-7-2-1-3-8-19)32-34(38(46)42(50)40(48)36(32)44)30(33(31)37(45)41(49)39(35)47)24-12-6-11-20(15-24)23-13-14-27-25(17-23)26-16-21-9-4-5-10-22(21)18-28(26)51-27/h1-18H,43-50H2. The van der Waals surface area contributed by atoms with Crippen molar-refractivity contribution in [3.63, 3.8) is 0 Å². The van der Waals surface area contributed by atoms with Crippen molar-refractivity contribution in [1.82, 2.24) is 0 Å². The zero-order valence-electron chi connectivity index (χ0n) is 30.8. The number of benzene rings is 8. The van der Waals surface area contributed by atoms with E-state index in [-0.39, 0.29) is 0 Å². The molecule has 0 fully saturated rings. The van der Waals surface area contributed by atoms with Gasteiger partial charge < -0.3 is 4.42 Å². The van der Waals surface area contributed by atoms with E-state index in [0.29, 0.717) is 0 Å². The topological polar surface area (TPSA) is 13.1 Å². The molecule has 0 aliphatic heterocycles. The van der Waals surface area contributed by atoms with E-state index in [1.807, 2.05) is 0 Å². The second-order valence-electron chi connectivity index (χ2n) is 14.7. The minimum atomic E-state index is 0.919. The summed E-state index contributed by atoms with van der Waals surface area (Å²) in [5, 5.41) is 10.2. The summed E-state index contributed by atoms with van der Waals surface area (Å²) in [4.78, 5) is 0. The molecule has 1 heterocycles. The van der Waals surface area contributed by atoms with Gasteiger partial charge in [-0.1, -0.05) is 101 Å². The molecular formula is C42H34B8O. The summed E-state index contributed by atoms with van der Waals surface area (Å²) in [5.41, 5.74) is 20.4. The van der Waals surface area contributed by atoms with Crippen LogP contribution in [-0.2, 0) is 0 Å². The van der Waals surface area contributed by atoms with Gasteiger partial charge in [0.25, 0.3) is 0 Å². The van der Waals surface area contributed by atoms with E-state index in [0.717, 1.165) is 21.9 Å². The van der Waals surface area contributed by atoms with Gasteiger partial charge >= 0.3 is 0 Å². The van der Waals surface area contributed by atoms with Gasteiger partial charge in [-0.05, 0) is 96.0 Å². The Morgan fingerprint density at radius 2 is 0.765 bits per heavy atom. The van der Waals surface area contributed by atoms with Crippen molar-refractivity contribution in [2.24, 2.45) is 0 Å². The lowest BCUT2D eigenvalue weighted by Crippen LogP contribution is -2.50. The fraction of sp³-hybridized carbons (Fsp3) is 0. The Balaban J connectivity index is 1.38. The first-order chi connectivity index (χ1) is 24.6. The molecule has 232 valence electrons. The van der Waals surface area contributed by atoms with E-state index in [9.17, 15) is 0 Å². The summed E-state index contributed by atoms with van der Waals surface area (Å²) in [5.74, 6) is 0. The molecular weight excluding hydrogens is 607 g/mol. The number of hydrogen-bond donors (Lipinski definition) is 0. The first-order valence-electron chi connectivity index (χ1n) is 18.1. The molecule has 9 aromatic rings. The monoisotopic (exact) mass is 642 g/mol. The van der Waals surface area contributed by atoms with Crippen LogP contribution in [0.2, 0.25) is 0 Å². The molecule has 0 aliphatic carbocycles. The van der Waals surface area contributed by atoms with Gasteiger partial charge in [-0.2, -0.15) is 0 Å². The molecule has 1 aromatic heterocycles. The summed E-state index contributed by atoms with van der Waals surface area (Å²) in [6, 6.07) is 39.9. The summed E-state index contributed by atoms with van der Waals surface area (Å²) in [6.45, 7) is 0. The molecule has 51 heavy (non-hydrogen) atoms.